The molecule has 0 aliphatic carbocycles. The van der Waals surface area contributed by atoms with Gasteiger partial charge in [0.15, 0.2) is 0 Å². The van der Waals surface area contributed by atoms with Gasteiger partial charge < -0.3 is 19.9 Å². The Morgan fingerprint density at radius 3 is 2.52 bits per heavy atom. The number of rotatable bonds is 4. The number of hydrogen-bond acceptors (Lipinski definition) is 7. The van der Waals surface area contributed by atoms with E-state index in [1.54, 1.807) is 23.5 Å². The minimum absolute atomic E-state index is 0.0764. The molecule has 9 heteroatoms. The minimum Gasteiger partial charge on any atom is -0.474 e. The zero-order valence-electron chi connectivity index (χ0n) is 17.9. The van der Waals surface area contributed by atoms with Crippen LogP contribution in [0.3, 0.4) is 0 Å². The summed E-state index contributed by atoms with van der Waals surface area (Å²) in [6.07, 6.45) is 8.01. The lowest BCUT2D eigenvalue weighted by Gasteiger charge is -2.31. The minimum atomic E-state index is 0.0764. The van der Waals surface area contributed by atoms with Crippen LogP contribution in [0.5, 0.6) is 5.88 Å². The average Bonchev–Trinajstić information content (AvgIpc) is 3.45. The van der Waals surface area contributed by atoms with E-state index < -0.39 is 0 Å². The number of ether oxygens (including phenoxy) is 1. The second kappa shape index (κ2) is 7.84. The van der Waals surface area contributed by atoms with E-state index in [9.17, 15) is 9.59 Å². The highest BCUT2D eigenvalue weighted by atomic mass is 16.5. The second-order valence-corrected chi connectivity index (χ2v) is 8.43. The van der Waals surface area contributed by atoms with Crippen molar-refractivity contribution in [2.24, 2.45) is 0 Å². The molecule has 5 heterocycles. The Balaban J connectivity index is 1.18. The molecule has 2 amide bonds. The highest BCUT2D eigenvalue weighted by Gasteiger charge is 2.38. The van der Waals surface area contributed by atoms with Crippen molar-refractivity contribution in [1.82, 2.24) is 15.0 Å². The molecule has 0 radical (unpaired) electrons. The van der Waals surface area contributed by atoms with Gasteiger partial charge in [0.2, 0.25) is 23.6 Å². The summed E-state index contributed by atoms with van der Waals surface area (Å²) < 4.78 is 5.72. The zero-order chi connectivity index (χ0) is 22.4. The summed E-state index contributed by atoms with van der Waals surface area (Å²) in [5, 5.41) is 3.16. The van der Waals surface area contributed by atoms with Gasteiger partial charge in [-0.2, -0.15) is 0 Å². The maximum atomic E-state index is 12.3. The number of carbonyl (C=O) groups is 2. The third-order valence-corrected chi connectivity index (χ3v) is 6.32. The number of nitrogens with zero attached hydrogens (tertiary/aromatic N) is 5. The first-order chi connectivity index (χ1) is 16.2. The molecule has 166 valence electrons. The van der Waals surface area contributed by atoms with Crippen molar-refractivity contribution in [3.8, 4) is 17.0 Å². The summed E-state index contributed by atoms with van der Waals surface area (Å²) in [5.74, 6) is 1.18. The maximum Gasteiger partial charge on any atom is 0.238 e. The largest absolute Gasteiger partial charge is 0.474 e. The second-order valence-electron chi connectivity index (χ2n) is 8.43. The van der Waals surface area contributed by atoms with E-state index >= 15 is 0 Å². The molecule has 3 aromatic rings. The lowest BCUT2D eigenvalue weighted by atomic mass is 10.1. The van der Waals surface area contributed by atoms with Crippen molar-refractivity contribution in [2.45, 2.75) is 31.7 Å². The number of amides is 2. The SMILES string of the molecule is O=C1CCCN1c1ccc(-c2cnc(Nc3cnc4c(c3)N3C(=O)CC[C@H]3CO4)nc2)cc1. The standard InChI is InChI=1S/C24H22N6O3/c31-21-2-1-9-29(21)18-5-3-15(4-6-18)16-11-26-24(27-12-16)28-17-10-20-23(25-13-17)33-14-19-7-8-22(32)30(19)20/h3-6,10-13,19H,1-2,7-9,14H2,(H,26,27,28)/t19-/m0/s1. The Morgan fingerprint density at radius 2 is 1.76 bits per heavy atom. The molecule has 0 unspecified atom stereocenters. The van der Waals surface area contributed by atoms with Gasteiger partial charge in [-0.05, 0) is 36.6 Å². The molecule has 0 bridgehead atoms. The topological polar surface area (TPSA) is 101 Å². The van der Waals surface area contributed by atoms with Gasteiger partial charge in [-0.15, -0.1) is 0 Å². The molecule has 2 aromatic heterocycles. The van der Waals surface area contributed by atoms with Crippen LogP contribution in [0.25, 0.3) is 11.1 Å². The highest BCUT2D eigenvalue weighted by molar-refractivity contribution is 5.98. The molecule has 33 heavy (non-hydrogen) atoms. The third-order valence-electron chi connectivity index (χ3n) is 6.32. The molecule has 0 spiro atoms. The van der Waals surface area contributed by atoms with Crippen molar-refractivity contribution in [3.63, 3.8) is 0 Å². The van der Waals surface area contributed by atoms with Gasteiger partial charge in [-0.25, -0.2) is 15.0 Å². The maximum absolute atomic E-state index is 12.3. The predicted octanol–water partition coefficient (Wildman–Crippen LogP) is 3.30. The van der Waals surface area contributed by atoms with Gasteiger partial charge in [-0.3, -0.25) is 9.59 Å². The smallest absolute Gasteiger partial charge is 0.238 e. The van der Waals surface area contributed by atoms with Gasteiger partial charge >= 0.3 is 0 Å². The Hall–Kier alpha value is -4.01. The first-order valence-corrected chi connectivity index (χ1v) is 11.1. The first kappa shape index (κ1) is 19.7. The number of nitrogens with one attached hydrogen (secondary N) is 1. The van der Waals surface area contributed by atoms with E-state index in [1.165, 1.54) is 0 Å². The molecular formula is C24H22N6O3. The number of carbonyl (C=O) groups excluding carboxylic acids is 2. The lowest BCUT2D eigenvalue weighted by Crippen LogP contribution is -2.40. The van der Waals surface area contributed by atoms with Crippen LogP contribution in [0.15, 0.2) is 48.9 Å². The van der Waals surface area contributed by atoms with Crippen LogP contribution in [-0.4, -0.2) is 46.0 Å². The number of hydrogen-bond donors (Lipinski definition) is 1. The molecule has 2 fully saturated rings. The molecule has 6 rings (SSSR count). The van der Waals surface area contributed by atoms with Crippen LogP contribution < -0.4 is 19.9 Å². The van der Waals surface area contributed by atoms with Gasteiger partial charge in [-0.1, -0.05) is 12.1 Å². The lowest BCUT2D eigenvalue weighted by molar-refractivity contribution is -0.118. The molecule has 9 nitrogen and oxygen atoms in total. The number of aromatic nitrogens is 3. The summed E-state index contributed by atoms with van der Waals surface area (Å²) in [4.78, 5) is 41.1. The number of anilines is 4. The van der Waals surface area contributed by atoms with Crippen molar-refractivity contribution in [2.75, 3.05) is 28.3 Å². The fraction of sp³-hybridized carbons (Fsp3) is 0.292. The Labute approximate surface area is 190 Å². The van der Waals surface area contributed by atoms with E-state index in [0.29, 0.717) is 42.7 Å². The van der Waals surface area contributed by atoms with Crippen LogP contribution in [-0.2, 0) is 9.59 Å². The molecule has 3 aliphatic heterocycles. The average molecular weight is 442 g/mol. The summed E-state index contributed by atoms with van der Waals surface area (Å²) in [5.41, 5.74) is 4.14. The van der Waals surface area contributed by atoms with Gasteiger partial charge in [0.25, 0.3) is 0 Å². The van der Waals surface area contributed by atoms with Crippen LogP contribution in [0.4, 0.5) is 23.0 Å². The molecule has 2 saturated heterocycles. The van der Waals surface area contributed by atoms with E-state index in [4.69, 9.17) is 4.74 Å². The van der Waals surface area contributed by atoms with Crippen LogP contribution in [0.1, 0.15) is 25.7 Å². The first-order valence-electron chi connectivity index (χ1n) is 11.1. The Morgan fingerprint density at radius 1 is 0.939 bits per heavy atom. The van der Waals surface area contributed by atoms with Crippen molar-refractivity contribution in [3.05, 3.63) is 48.9 Å². The summed E-state index contributed by atoms with van der Waals surface area (Å²) >= 11 is 0. The van der Waals surface area contributed by atoms with E-state index in [2.05, 4.69) is 20.3 Å². The monoisotopic (exact) mass is 442 g/mol. The van der Waals surface area contributed by atoms with Gasteiger partial charge in [0.1, 0.15) is 12.3 Å². The predicted molar refractivity (Wildman–Crippen MR) is 123 cm³/mol. The molecular weight excluding hydrogens is 420 g/mol. The number of benzene rings is 1. The molecule has 0 saturated carbocycles. The summed E-state index contributed by atoms with van der Waals surface area (Å²) in [7, 11) is 0. The zero-order valence-corrected chi connectivity index (χ0v) is 17.9. The quantitative estimate of drug-likeness (QED) is 0.662. The number of fused-ring (bicyclic) bond motifs is 3. The molecule has 3 aliphatic rings. The number of pyridine rings is 1. The van der Waals surface area contributed by atoms with Gasteiger partial charge in [0.05, 0.1) is 17.9 Å². The highest BCUT2D eigenvalue weighted by Crippen LogP contribution is 2.38. The fourth-order valence-electron chi connectivity index (χ4n) is 4.63. The van der Waals surface area contributed by atoms with Crippen molar-refractivity contribution in [1.29, 1.82) is 0 Å². The Kier molecular flexibility index (Phi) is 4.67. The fourth-order valence-corrected chi connectivity index (χ4v) is 4.63. The molecule has 1 atom stereocenters. The van der Waals surface area contributed by atoms with E-state index in [0.717, 1.165) is 36.2 Å². The van der Waals surface area contributed by atoms with Crippen LogP contribution >= 0.6 is 0 Å². The van der Waals surface area contributed by atoms with E-state index in [1.807, 2.05) is 35.2 Å². The van der Waals surface area contributed by atoms with E-state index in [-0.39, 0.29) is 17.9 Å². The third kappa shape index (κ3) is 3.55. The Bertz CT molecular complexity index is 1230. The van der Waals surface area contributed by atoms with Crippen molar-refractivity contribution < 1.29 is 14.3 Å². The van der Waals surface area contributed by atoms with Crippen LogP contribution in [0.2, 0.25) is 0 Å². The van der Waals surface area contributed by atoms with Crippen LogP contribution in [0, 0.1) is 0 Å². The van der Waals surface area contributed by atoms with Gasteiger partial charge in [0, 0.05) is 43.0 Å². The summed E-state index contributed by atoms with van der Waals surface area (Å²) in [6.45, 7) is 1.26. The van der Waals surface area contributed by atoms with Crippen molar-refractivity contribution >= 4 is 34.8 Å². The molecule has 1 aromatic carbocycles. The molecule has 1 N–H and O–H groups in total. The normalized spacial score (nSPS) is 19.3. The summed E-state index contributed by atoms with van der Waals surface area (Å²) in [6, 6.07) is 9.80.